The predicted octanol–water partition coefficient (Wildman–Crippen LogP) is 4.43. The molecule has 3 atom stereocenters. The Morgan fingerprint density at radius 3 is 2.61 bits per heavy atom. The van der Waals surface area contributed by atoms with Crippen molar-refractivity contribution in [2.45, 2.75) is 40.0 Å². The van der Waals surface area contributed by atoms with E-state index in [2.05, 4.69) is 31.7 Å². The summed E-state index contributed by atoms with van der Waals surface area (Å²) in [6.07, 6.45) is 8.17. The normalized spacial score (nSPS) is 31.8. The number of carboxylic acid groups (broad SMARTS) is 1. The van der Waals surface area contributed by atoms with Crippen LogP contribution in [0.25, 0.3) is 6.08 Å². The summed E-state index contributed by atoms with van der Waals surface area (Å²) in [4.78, 5) is 26.1. The molecule has 1 N–H and O–H groups in total. The van der Waals surface area contributed by atoms with Crippen LogP contribution in [0.2, 0.25) is 0 Å². The van der Waals surface area contributed by atoms with Gasteiger partial charge in [0, 0.05) is 25.9 Å². The fourth-order valence-corrected chi connectivity index (χ4v) is 4.86. The maximum atomic E-state index is 12.1. The SMILES string of the molecule is CC1CN(CC(=Cc2ccccc2)C(=O)O)CCC1(C)C1(C)C=CCC(=O)C1. The minimum absolute atomic E-state index is 0.0304. The lowest BCUT2D eigenvalue weighted by molar-refractivity contribution is -0.133. The molecule has 1 aromatic carbocycles. The third kappa shape index (κ3) is 4.12. The second-order valence-corrected chi connectivity index (χ2v) is 8.93. The van der Waals surface area contributed by atoms with Crippen molar-refractivity contribution in [3.8, 4) is 0 Å². The molecule has 1 aliphatic carbocycles. The van der Waals surface area contributed by atoms with Crippen molar-refractivity contribution >= 4 is 17.8 Å². The molecule has 0 spiro atoms. The molecule has 4 heteroatoms. The number of carbonyl (C=O) groups is 2. The summed E-state index contributed by atoms with van der Waals surface area (Å²) in [6.45, 7) is 8.88. The predicted molar refractivity (Wildman–Crippen MR) is 112 cm³/mol. The molecule has 1 fully saturated rings. The van der Waals surface area contributed by atoms with Gasteiger partial charge in [-0.3, -0.25) is 9.69 Å². The Balaban J connectivity index is 1.73. The highest BCUT2D eigenvalue weighted by Crippen LogP contribution is 2.54. The first-order chi connectivity index (χ1) is 13.2. The number of allylic oxidation sites excluding steroid dienone is 2. The van der Waals surface area contributed by atoms with Crippen LogP contribution in [0.3, 0.4) is 0 Å². The molecule has 0 amide bonds. The van der Waals surface area contributed by atoms with Crippen LogP contribution in [-0.4, -0.2) is 41.4 Å². The standard InChI is InChI=1S/C24H31NO3/c1-18-16-25(17-20(22(27)28)14-19-8-5-4-6-9-19)13-12-24(18,3)23(2)11-7-10-21(26)15-23/h4-9,11,14,18H,10,12-13,15-17H2,1-3H3,(H,27,28). The third-order valence-corrected chi connectivity index (χ3v) is 7.08. The van der Waals surface area contributed by atoms with Gasteiger partial charge in [-0.15, -0.1) is 0 Å². The van der Waals surface area contributed by atoms with E-state index in [9.17, 15) is 14.7 Å². The third-order valence-electron chi connectivity index (χ3n) is 7.08. The highest BCUT2D eigenvalue weighted by molar-refractivity contribution is 5.92. The van der Waals surface area contributed by atoms with Gasteiger partial charge < -0.3 is 5.11 Å². The number of piperidine rings is 1. The van der Waals surface area contributed by atoms with Crippen molar-refractivity contribution in [3.05, 3.63) is 53.6 Å². The molecule has 28 heavy (non-hydrogen) atoms. The number of carboxylic acids is 1. The van der Waals surface area contributed by atoms with Gasteiger partial charge in [0.05, 0.1) is 5.57 Å². The van der Waals surface area contributed by atoms with E-state index in [4.69, 9.17) is 0 Å². The summed E-state index contributed by atoms with van der Waals surface area (Å²) in [7, 11) is 0. The Hall–Kier alpha value is -2.20. The molecule has 2 aliphatic rings. The Labute approximate surface area is 167 Å². The summed E-state index contributed by atoms with van der Waals surface area (Å²) in [6, 6.07) is 9.60. The van der Waals surface area contributed by atoms with Gasteiger partial charge in [-0.25, -0.2) is 4.79 Å². The van der Waals surface area contributed by atoms with Crippen molar-refractivity contribution in [2.24, 2.45) is 16.7 Å². The molecule has 0 aromatic heterocycles. The molecule has 0 radical (unpaired) electrons. The summed E-state index contributed by atoms with van der Waals surface area (Å²) in [5.41, 5.74) is 1.24. The Bertz CT molecular complexity index is 797. The molecule has 4 nitrogen and oxygen atoms in total. The van der Waals surface area contributed by atoms with Crippen LogP contribution in [0.4, 0.5) is 0 Å². The summed E-state index contributed by atoms with van der Waals surface area (Å²) < 4.78 is 0. The van der Waals surface area contributed by atoms with Crippen molar-refractivity contribution < 1.29 is 14.7 Å². The van der Waals surface area contributed by atoms with Gasteiger partial charge in [0.25, 0.3) is 0 Å². The van der Waals surface area contributed by atoms with Crippen molar-refractivity contribution in [1.82, 2.24) is 4.90 Å². The molecule has 0 saturated carbocycles. The van der Waals surface area contributed by atoms with Crippen LogP contribution in [0, 0.1) is 16.7 Å². The van der Waals surface area contributed by atoms with E-state index in [0.29, 0.717) is 36.7 Å². The van der Waals surface area contributed by atoms with E-state index in [1.165, 1.54) is 0 Å². The van der Waals surface area contributed by atoms with Crippen LogP contribution in [-0.2, 0) is 9.59 Å². The zero-order valence-corrected chi connectivity index (χ0v) is 17.1. The summed E-state index contributed by atoms with van der Waals surface area (Å²) in [5.74, 6) is -0.175. The first-order valence-electron chi connectivity index (χ1n) is 10.1. The number of Topliss-reactive ketones (excluding diaryl/α,β-unsaturated/α-hetero) is 1. The maximum Gasteiger partial charge on any atom is 0.332 e. The number of carbonyl (C=O) groups excluding carboxylic acids is 1. The van der Waals surface area contributed by atoms with E-state index in [-0.39, 0.29) is 10.8 Å². The molecule has 3 rings (SSSR count). The first kappa shape index (κ1) is 20.5. The monoisotopic (exact) mass is 381 g/mol. The number of benzene rings is 1. The molecular formula is C24H31NO3. The molecule has 1 aromatic rings. The van der Waals surface area contributed by atoms with Crippen molar-refractivity contribution in [1.29, 1.82) is 0 Å². The number of hydrogen-bond donors (Lipinski definition) is 1. The Morgan fingerprint density at radius 1 is 1.29 bits per heavy atom. The van der Waals surface area contributed by atoms with Gasteiger partial charge in [-0.05, 0) is 41.4 Å². The number of nitrogens with zero attached hydrogens (tertiary/aromatic N) is 1. The molecule has 1 heterocycles. The van der Waals surface area contributed by atoms with Crippen LogP contribution in [0.5, 0.6) is 0 Å². The zero-order valence-electron chi connectivity index (χ0n) is 17.1. The second kappa shape index (κ2) is 8.04. The molecular weight excluding hydrogens is 350 g/mol. The maximum absolute atomic E-state index is 12.1. The van der Waals surface area contributed by atoms with E-state index >= 15 is 0 Å². The smallest absolute Gasteiger partial charge is 0.332 e. The topological polar surface area (TPSA) is 57.6 Å². The van der Waals surface area contributed by atoms with Gasteiger partial charge in [0.1, 0.15) is 5.78 Å². The Kier molecular flexibility index (Phi) is 5.90. The zero-order chi connectivity index (χ0) is 20.4. The fourth-order valence-electron chi connectivity index (χ4n) is 4.86. The minimum atomic E-state index is -0.863. The molecule has 1 saturated heterocycles. The number of likely N-dealkylation sites (tertiary alicyclic amines) is 1. The van der Waals surface area contributed by atoms with Crippen molar-refractivity contribution in [3.63, 3.8) is 0 Å². The highest BCUT2D eigenvalue weighted by atomic mass is 16.4. The van der Waals surface area contributed by atoms with Crippen LogP contribution < -0.4 is 0 Å². The average Bonchev–Trinajstić information content (AvgIpc) is 2.64. The van der Waals surface area contributed by atoms with E-state index in [1.54, 1.807) is 6.08 Å². The quantitative estimate of drug-likeness (QED) is 0.606. The lowest BCUT2D eigenvalue weighted by Gasteiger charge is -2.54. The van der Waals surface area contributed by atoms with E-state index in [0.717, 1.165) is 25.1 Å². The number of ketones is 1. The first-order valence-corrected chi connectivity index (χ1v) is 10.1. The van der Waals surface area contributed by atoms with Gasteiger partial charge in [-0.1, -0.05) is 63.3 Å². The van der Waals surface area contributed by atoms with Gasteiger partial charge in [0.2, 0.25) is 0 Å². The largest absolute Gasteiger partial charge is 0.478 e. The van der Waals surface area contributed by atoms with Crippen molar-refractivity contribution in [2.75, 3.05) is 19.6 Å². The summed E-state index contributed by atoms with van der Waals surface area (Å²) in [5, 5.41) is 9.67. The van der Waals surface area contributed by atoms with Gasteiger partial charge in [0.15, 0.2) is 0 Å². The molecule has 150 valence electrons. The fraction of sp³-hybridized carbons (Fsp3) is 0.500. The average molecular weight is 382 g/mol. The second-order valence-electron chi connectivity index (χ2n) is 8.93. The van der Waals surface area contributed by atoms with E-state index < -0.39 is 5.97 Å². The number of hydrogen-bond acceptors (Lipinski definition) is 3. The van der Waals surface area contributed by atoms with Gasteiger partial charge >= 0.3 is 5.97 Å². The Morgan fingerprint density at radius 2 is 2.00 bits per heavy atom. The number of aliphatic carboxylic acids is 1. The summed E-state index contributed by atoms with van der Waals surface area (Å²) >= 11 is 0. The molecule has 3 unspecified atom stereocenters. The van der Waals surface area contributed by atoms with Crippen LogP contribution in [0.15, 0.2) is 48.1 Å². The van der Waals surface area contributed by atoms with Crippen LogP contribution >= 0.6 is 0 Å². The minimum Gasteiger partial charge on any atom is -0.478 e. The lowest BCUT2D eigenvalue weighted by atomic mass is 9.54. The van der Waals surface area contributed by atoms with E-state index in [1.807, 2.05) is 36.4 Å². The highest BCUT2D eigenvalue weighted by Gasteiger charge is 2.50. The lowest BCUT2D eigenvalue weighted by Crippen LogP contribution is -2.53. The van der Waals surface area contributed by atoms with Crippen LogP contribution in [0.1, 0.15) is 45.6 Å². The number of rotatable bonds is 5. The molecule has 0 bridgehead atoms. The van der Waals surface area contributed by atoms with Gasteiger partial charge in [-0.2, -0.15) is 0 Å². The molecule has 1 aliphatic heterocycles.